The van der Waals surface area contributed by atoms with Crippen LogP contribution in [0.25, 0.3) is 21.5 Å². The van der Waals surface area contributed by atoms with E-state index in [1.807, 2.05) is 99.7 Å². The zero-order valence-electron chi connectivity index (χ0n) is 48.4. The van der Waals surface area contributed by atoms with Gasteiger partial charge in [0.15, 0.2) is 5.12 Å². The first-order chi connectivity index (χ1) is 36.5. The molecule has 0 spiro atoms. The molecule has 78 heavy (non-hydrogen) atoms. The van der Waals surface area contributed by atoms with Crippen molar-refractivity contribution in [2.45, 2.75) is 153 Å². The topological polar surface area (TPSA) is 142 Å². The van der Waals surface area contributed by atoms with Crippen molar-refractivity contribution in [2.24, 2.45) is 0 Å². The number of anilines is 2. The second kappa shape index (κ2) is 26.9. The lowest BCUT2D eigenvalue weighted by Gasteiger charge is -2.37. The minimum Gasteiger partial charge on any atom is -0.444 e. The molecule has 4 aliphatic rings. The number of hydrogen-bond donors (Lipinski definition) is 0. The Labute approximate surface area is 480 Å². The summed E-state index contributed by atoms with van der Waals surface area (Å²) in [7, 11) is 0. The van der Waals surface area contributed by atoms with E-state index in [1.54, 1.807) is 21.6 Å². The molecule has 4 heterocycles. The Morgan fingerprint density at radius 3 is 1.12 bits per heavy atom. The van der Waals surface area contributed by atoms with Gasteiger partial charge in [0.25, 0.3) is 0 Å². The minimum atomic E-state index is -0.482. The molecule has 15 nitrogen and oxygen atoms in total. The average Bonchev–Trinajstić information content (AvgIpc) is 3.38. The molecule has 4 aliphatic heterocycles. The smallest absolute Gasteiger partial charge is 0.410 e. The van der Waals surface area contributed by atoms with Gasteiger partial charge in [-0.2, -0.15) is 0 Å². The third-order valence-electron chi connectivity index (χ3n) is 13.1. The Bertz CT molecular complexity index is 2690. The van der Waals surface area contributed by atoms with E-state index in [4.69, 9.17) is 18.9 Å². The summed E-state index contributed by atoms with van der Waals surface area (Å²) in [6, 6.07) is 25.7. The summed E-state index contributed by atoms with van der Waals surface area (Å²) in [6.45, 7) is 32.9. The van der Waals surface area contributed by atoms with Crippen molar-refractivity contribution in [1.82, 2.24) is 19.6 Å². The monoisotopic (exact) mass is 1180 g/mol. The van der Waals surface area contributed by atoms with E-state index in [-0.39, 0.29) is 29.5 Å². The highest BCUT2D eigenvalue weighted by Crippen LogP contribution is 2.40. The molecule has 8 rings (SSSR count). The molecular formula is C60H85BrN6O9S2. The maximum atomic E-state index is 12.5. The van der Waals surface area contributed by atoms with Crippen LogP contribution in [0.15, 0.2) is 82.2 Å². The van der Waals surface area contributed by atoms with Crippen LogP contribution in [0.3, 0.4) is 0 Å². The standard InChI is InChI=1S/C29H41N3O4S.C19H23BrN2O2.C12H21NO3S/c1-28(2,3)35-26(33)31-15-13-21(14-16-31)37-25-12-11-24(22-9-7-8-10-23(22)25)30-17-19-32(20-18-30)27(34)36-29(4,5)6;1-19(2,3)24-18(23)22-12-10-21(11-13-22)17-9-8-16(20)14-6-4-5-7-15(14)17;1-9(14)17-10-5-7-13(8-6-10)11(15)16-12(2,3)4/h7-12,21H,13-20H2,1-6H3;4-9H,10-13H2,1-3H3;10H,5-8H2,1-4H3. The van der Waals surface area contributed by atoms with Gasteiger partial charge < -0.3 is 48.3 Å². The predicted octanol–water partition coefficient (Wildman–Crippen LogP) is 13.7. The lowest BCUT2D eigenvalue weighted by Crippen LogP contribution is -2.50. The van der Waals surface area contributed by atoms with Crippen LogP contribution in [0.1, 0.15) is 116 Å². The zero-order valence-corrected chi connectivity index (χ0v) is 51.7. The normalized spacial score (nSPS) is 17.2. The summed E-state index contributed by atoms with van der Waals surface area (Å²) < 4.78 is 23.0. The maximum Gasteiger partial charge on any atom is 0.410 e. The molecule has 0 atom stereocenters. The molecule has 0 bridgehead atoms. The first kappa shape index (κ1) is 62.1. The Morgan fingerprint density at radius 2 is 0.744 bits per heavy atom. The van der Waals surface area contributed by atoms with Crippen LogP contribution in [0.2, 0.25) is 0 Å². The van der Waals surface area contributed by atoms with Gasteiger partial charge in [0, 0.05) is 127 Å². The highest BCUT2D eigenvalue weighted by atomic mass is 79.9. The van der Waals surface area contributed by atoms with Gasteiger partial charge in [-0.05, 0) is 144 Å². The lowest BCUT2D eigenvalue weighted by atomic mass is 10.1. The lowest BCUT2D eigenvalue weighted by molar-refractivity contribution is -0.109. The van der Waals surface area contributed by atoms with Crippen LogP contribution in [-0.2, 0) is 23.7 Å². The second-order valence-electron chi connectivity index (χ2n) is 24.2. The van der Waals surface area contributed by atoms with Crippen LogP contribution in [0, 0.1) is 0 Å². The number of ether oxygens (including phenoxy) is 4. The summed E-state index contributed by atoms with van der Waals surface area (Å²) in [6.07, 6.45) is 2.72. The van der Waals surface area contributed by atoms with Crippen molar-refractivity contribution in [3.63, 3.8) is 0 Å². The first-order valence-corrected chi connectivity index (χ1v) is 30.0. The highest BCUT2D eigenvalue weighted by molar-refractivity contribution is 9.10. The fourth-order valence-corrected chi connectivity index (χ4v) is 12.1. The van der Waals surface area contributed by atoms with Gasteiger partial charge in [0.1, 0.15) is 22.4 Å². The number of fused-ring (bicyclic) bond motifs is 2. The van der Waals surface area contributed by atoms with E-state index in [1.165, 1.54) is 49.6 Å². The number of likely N-dealkylation sites (tertiary alicyclic amines) is 2. The molecule has 4 fully saturated rings. The molecule has 0 aromatic heterocycles. The van der Waals surface area contributed by atoms with E-state index in [9.17, 15) is 24.0 Å². The summed E-state index contributed by atoms with van der Waals surface area (Å²) >= 11 is 6.93. The molecule has 0 saturated carbocycles. The molecule has 0 radical (unpaired) electrons. The molecule has 0 aliphatic carbocycles. The average molecular weight is 1180 g/mol. The van der Waals surface area contributed by atoms with Crippen molar-refractivity contribution in [3.05, 3.63) is 77.3 Å². The molecule has 4 aromatic carbocycles. The number of halogens is 1. The number of amides is 4. The Kier molecular flexibility index (Phi) is 21.4. The van der Waals surface area contributed by atoms with Gasteiger partial charge in [0.05, 0.1) is 0 Å². The van der Waals surface area contributed by atoms with E-state index in [0.717, 1.165) is 69.4 Å². The number of thioether (sulfide) groups is 2. The summed E-state index contributed by atoms with van der Waals surface area (Å²) in [5.74, 6) is 0. The third-order valence-corrected chi connectivity index (χ3v) is 16.3. The summed E-state index contributed by atoms with van der Waals surface area (Å²) in [4.78, 5) is 73.0. The predicted molar refractivity (Wildman–Crippen MR) is 321 cm³/mol. The molecular weight excluding hydrogens is 1090 g/mol. The van der Waals surface area contributed by atoms with Crippen molar-refractivity contribution in [3.8, 4) is 0 Å². The van der Waals surface area contributed by atoms with E-state index in [0.29, 0.717) is 49.8 Å². The quantitative estimate of drug-likeness (QED) is 0.175. The van der Waals surface area contributed by atoms with Crippen molar-refractivity contribution < 1.29 is 42.9 Å². The number of hydrogen-bond acceptors (Lipinski definition) is 13. The molecule has 4 amide bonds. The fraction of sp³-hybridized carbons (Fsp3) is 0.583. The van der Waals surface area contributed by atoms with E-state index >= 15 is 0 Å². The molecule has 0 unspecified atom stereocenters. The van der Waals surface area contributed by atoms with Crippen LogP contribution in [-0.4, -0.2) is 161 Å². The first-order valence-electron chi connectivity index (χ1n) is 27.5. The molecule has 4 aromatic rings. The van der Waals surface area contributed by atoms with Gasteiger partial charge in [-0.25, -0.2) is 19.2 Å². The van der Waals surface area contributed by atoms with Crippen LogP contribution < -0.4 is 9.80 Å². The van der Waals surface area contributed by atoms with Crippen LogP contribution in [0.4, 0.5) is 30.6 Å². The van der Waals surface area contributed by atoms with Gasteiger partial charge in [-0.3, -0.25) is 4.79 Å². The largest absolute Gasteiger partial charge is 0.444 e. The van der Waals surface area contributed by atoms with Crippen molar-refractivity contribution in [2.75, 3.05) is 88.3 Å². The Hall–Kier alpha value is -5.07. The number of nitrogens with zero attached hydrogens (tertiary/aromatic N) is 6. The maximum absolute atomic E-state index is 12.5. The van der Waals surface area contributed by atoms with E-state index < -0.39 is 22.4 Å². The minimum absolute atomic E-state index is 0.153. The number of rotatable bonds is 5. The summed E-state index contributed by atoms with van der Waals surface area (Å²) in [5, 5.41) is 5.91. The fourth-order valence-electron chi connectivity index (χ4n) is 9.45. The highest BCUT2D eigenvalue weighted by Gasteiger charge is 2.32. The molecule has 4 saturated heterocycles. The Morgan fingerprint density at radius 1 is 0.423 bits per heavy atom. The SMILES string of the molecule is CC(=O)SC1CCN(C(=O)OC(C)(C)C)CC1.CC(C)(C)OC(=O)N1CCC(Sc2ccc(N3CCN(C(=O)OC(C)(C)C)CC3)c3ccccc23)CC1.CC(C)(C)OC(=O)N1CCN(c2ccc(Br)c3ccccc23)CC1. The van der Waals surface area contributed by atoms with Crippen LogP contribution >= 0.6 is 39.5 Å². The summed E-state index contributed by atoms with van der Waals surface area (Å²) in [5.41, 5.74) is 0.593. The molecule has 18 heteroatoms. The Balaban J connectivity index is 0.000000206. The number of carbonyl (C=O) groups is 5. The van der Waals surface area contributed by atoms with Crippen molar-refractivity contribution >= 4 is 102 Å². The molecule has 0 N–H and O–H groups in total. The van der Waals surface area contributed by atoms with Gasteiger partial charge >= 0.3 is 24.4 Å². The zero-order chi connectivity index (χ0) is 57.2. The van der Waals surface area contributed by atoms with Gasteiger partial charge in [-0.1, -0.05) is 76.2 Å². The molecule has 428 valence electrons. The van der Waals surface area contributed by atoms with Gasteiger partial charge in [-0.15, -0.1) is 11.8 Å². The third kappa shape index (κ3) is 19.1. The number of piperazine rings is 2. The van der Waals surface area contributed by atoms with E-state index in [2.05, 4.69) is 98.5 Å². The number of piperidine rings is 2. The number of benzene rings is 4. The number of carbonyl (C=O) groups excluding carboxylic acids is 5. The van der Waals surface area contributed by atoms with Crippen molar-refractivity contribution in [1.29, 1.82) is 0 Å². The van der Waals surface area contributed by atoms with Gasteiger partial charge in [0.2, 0.25) is 0 Å². The second-order valence-corrected chi connectivity index (χ2v) is 27.9. The van der Waals surface area contributed by atoms with Crippen LogP contribution in [0.5, 0.6) is 0 Å².